The van der Waals surface area contributed by atoms with Crippen molar-refractivity contribution in [1.29, 1.82) is 0 Å². The first-order valence-corrected chi connectivity index (χ1v) is 7.73. The van der Waals surface area contributed by atoms with Crippen molar-refractivity contribution in [3.8, 4) is 0 Å². The Balaban J connectivity index is 1.68. The summed E-state index contributed by atoms with van der Waals surface area (Å²) in [5.41, 5.74) is 1.67. The fourth-order valence-corrected chi connectivity index (χ4v) is 2.00. The van der Waals surface area contributed by atoms with Crippen LogP contribution in [0.1, 0.15) is 15.9 Å². The van der Waals surface area contributed by atoms with Crippen LogP contribution in [0, 0.1) is 0 Å². The normalized spacial score (nSPS) is 11.2. The van der Waals surface area contributed by atoms with Crippen molar-refractivity contribution in [1.82, 2.24) is 0 Å². The Morgan fingerprint density at radius 1 is 1.00 bits per heavy atom. The summed E-state index contributed by atoms with van der Waals surface area (Å²) in [7, 11) is 0. The molecule has 2 rings (SSSR count). The van der Waals surface area contributed by atoms with E-state index in [1.165, 1.54) is 0 Å². The maximum absolute atomic E-state index is 11.8. The van der Waals surface area contributed by atoms with Crippen LogP contribution in [0.5, 0.6) is 0 Å². The molecule has 0 fully saturated rings. The van der Waals surface area contributed by atoms with Crippen molar-refractivity contribution in [3.63, 3.8) is 0 Å². The number of halogens is 1. The lowest BCUT2D eigenvalue weighted by Crippen LogP contribution is -2.06. The molecule has 0 saturated carbocycles. The van der Waals surface area contributed by atoms with Crippen LogP contribution in [0.25, 0.3) is 0 Å². The van der Waals surface area contributed by atoms with Crippen LogP contribution in [-0.2, 0) is 16.1 Å². The highest BCUT2D eigenvalue weighted by atomic mass is 79.9. The molecule has 0 aliphatic rings. The van der Waals surface area contributed by atoms with E-state index in [1.807, 2.05) is 42.5 Å². The Bertz CT molecular complexity index is 609. The summed E-state index contributed by atoms with van der Waals surface area (Å²) in [4.78, 5) is 11.8. The van der Waals surface area contributed by atoms with E-state index in [0.717, 1.165) is 10.0 Å². The summed E-state index contributed by atoms with van der Waals surface area (Å²) in [5.74, 6) is -0.337. The van der Waals surface area contributed by atoms with Gasteiger partial charge in [-0.3, -0.25) is 0 Å². The van der Waals surface area contributed by atoms with Gasteiger partial charge in [0.2, 0.25) is 0 Å². The minimum absolute atomic E-state index is 0.197. The molecule has 3 nitrogen and oxygen atoms in total. The van der Waals surface area contributed by atoms with Gasteiger partial charge in [0.25, 0.3) is 0 Å². The van der Waals surface area contributed by atoms with Gasteiger partial charge in [-0.2, -0.15) is 0 Å². The average Bonchev–Trinajstić information content (AvgIpc) is 2.58. The molecule has 0 radical (unpaired) electrons. The molecule has 0 bridgehead atoms. The molecule has 0 N–H and O–H groups in total. The third-order valence-electron chi connectivity index (χ3n) is 2.88. The van der Waals surface area contributed by atoms with E-state index in [1.54, 1.807) is 24.3 Å². The molecule has 4 heteroatoms. The van der Waals surface area contributed by atoms with Crippen molar-refractivity contribution in [3.05, 3.63) is 82.3 Å². The molecule has 0 saturated heterocycles. The molecule has 2 aromatic carbocycles. The predicted octanol–water partition coefficient (Wildman–Crippen LogP) is 4.34. The highest BCUT2D eigenvalue weighted by Crippen LogP contribution is 2.09. The Morgan fingerprint density at radius 3 is 2.32 bits per heavy atom. The smallest absolute Gasteiger partial charge is 0.338 e. The van der Waals surface area contributed by atoms with Crippen LogP contribution in [-0.4, -0.2) is 19.2 Å². The van der Waals surface area contributed by atoms with Gasteiger partial charge >= 0.3 is 5.97 Å². The van der Waals surface area contributed by atoms with Crippen LogP contribution in [0.15, 0.2) is 71.2 Å². The van der Waals surface area contributed by atoms with Crippen molar-refractivity contribution >= 4 is 21.9 Å². The number of ether oxygens (including phenoxy) is 2. The predicted molar refractivity (Wildman–Crippen MR) is 89.8 cm³/mol. The fourth-order valence-electron chi connectivity index (χ4n) is 1.75. The largest absolute Gasteiger partial charge is 0.457 e. The maximum Gasteiger partial charge on any atom is 0.338 e. The number of rotatable bonds is 7. The van der Waals surface area contributed by atoms with E-state index in [-0.39, 0.29) is 12.6 Å². The minimum atomic E-state index is -0.337. The van der Waals surface area contributed by atoms with Gasteiger partial charge in [0.05, 0.1) is 18.8 Å². The number of carbonyl (C=O) groups excluding carboxylic acids is 1. The standard InChI is InChI=1S/C18H17BrO3/c19-17(11-12-21-13-15-7-3-1-4-8-15)14-22-18(20)16-9-5-2-6-10-16/h1-11H,12-14H2/b17-11-. The number of esters is 1. The summed E-state index contributed by atoms with van der Waals surface area (Å²) < 4.78 is 11.5. The van der Waals surface area contributed by atoms with Gasteiger partial charge in [0.1, 0.15) is 6.61 Å². The molecular formula is C18H17BrO3. The van der Waals surface area contributed by atoms with Gasteiger partial charge in [-0.15, -0.1) is 0 Å². The second-order valence-electron chi connectivity index (χ2n) is 4.59. The van der Waals surface area contributed by atoms with Crippen molar-refractivity contribution in [2.24, 2.45) is 0 Å². The van der Waals surface area contributed by atoms with Crippen molar-refractivity contribution in [2.75, 3.05) is 13.2 Å². The van der Waals surface area contributed by atoms with Crippen LogP contribution in [0.4, 0.5) is 0 Å². The van der Waals surface area contributed by atoms with Crippen molar-refractivity contribution in [2.45, 2.75) is 6.61 Å². The van der Waals surface area contributed by atoms with E-state index in [2.05, 4.69) is 15.9 Å². The molecule has 0 atom stereocenters. The van der Waals surface area contributed by atoms with Crippen LogP contribution >= 0.6 is 15.9 Å². The summed E-state index contributed by atoms with van der Waals surface area (Å²) >= 11 is 3.37. The van der Waals surface area contributed by atoms with Gasteiger partial charge in [-0.05, 0) is 23.8 Å². The molecule has 0 aromatic heterocycles. The molecule has 0 unspecified atom stereocenters. The van der Waals surface area contributed by atoms with Crippen molar-refractivity contribution < 1.29 is 14.3 Å². The lowest BCUT2D eigenvalue weighted by atomic mass is 10.2. The molecule has 0 heterocycles. The molecule has 0 aliphatic carbocycles. The van der Waals surface area contributed by atoms with Gasteiger partial charge in [0, 0.05) is 4.48 Å². The number of benzene rings is 2. The quantitative estimate of drug-likeness (QED) is 0.544. The van der Waals surface area contributed by atoms with E-state index < -0.39 is 0 Å². The second kappa shape index (κ2) is 9.18. The van der Waals surface area contributed by atoms with Crippen LogP contribution in [0.3, 0.4) is 0 Å². The lowest BCUT2D eigenvalue weighted by molar-refractivity contribution is 0.0546. The Hall–Kier alpha value is -1.91. The molecule has 0 amide bonds. The van der Waals surface area contributed by atoms with Crippen LogP contribution < -0.4 is 0 Å². The number of carbonyl (C=O) groups is 1. The average molecular weight is 361 g/mol. The van der Waals surface area contributed by atoms with Gasteiger partial charge in [0.15, 0.2) is 0 Å². The first-order valence-electron chi connectivity index (χ1n) is 6.94. The van der Waals surface area contributed by atoms with Gasteiger partial charge < -0.3 is 9.47 Å². The fraction of sp³-hybridized carbons (Fsp3) is 0.167. The van der Waals surface area contributed by atoms with E-state index in [9.17, 15) is 4.79 Å². The highest BCUT2D eigenvalue weighted by molar-refractivity contribution is 9.11. The monoisotopic (exact) mass is 360 g/mol. The zero-order chi connectivity index (χ0) is 15.6. The summed E-state index contributed by atoms with van der Waals surface area (Å²) in [6.45, 7) is 1.21. The molecule has 2 aromatic rings. The number of hydrogen-bond donors (Lipinski definition) is 0. The first kappa shape index (κ1) is 16.5. The van der Waals surface area contributed by atoms with Gasteiger partial charge in [-0.25, -0.2) is 4.79 Å². The molecular weight excluding hydrogens is 344 g/mol. The first-order chi connectivity index (χ1) is 10.8. The second-order valence-corrected chi connectivity index (χ2v) is 5.61. The highest BCUT2D eigenvalue weighted by Gasteiger charge is 2.06. The Labute approximate surface area is 138 Å². The van der Waals surface area contributed by atoms with E-state index in [4.69, 9.17) is 9.47 Å². The summed E-state index contributed by atoms with van der Waals surface area (Å²) in [5, 5.41) is 0. The van der Waals surface area contributed by atoms with Gasteiger partial charge in [-0.1, -0.05) is 64.5 Å². The summed E-state index contributed by atoms with van der Waals surface area (Å²) in [6.07, 6.45) is 1.85. The summed E-state index contributed by atoms with van der Waals surface area (Å²) in [6, 6.07) is 18.9. The Morgan fingerprint density at radius 2 is 1.64 bits per heavy atom. The molecule has 0 spiro atoms. The lowest BCUT2D eigenvalue weighted by Gasteiger charge is -2.05. The molecule has 114 valence electrons. The molecule has 22 heavy (non-hydrogen) atoms. The van der Waals surface area contributed by atoms with E-state index >= 15 is 0 Å². The molecule has 0 aliphatic heterocycles. The van der Waals surface area contributed by atoms with Crippen LogP contribution in [0.2, 0.25) is 0 Å². The topological polar surface area (TPSA) is 35.5 Å². The van der Waals surface area contributed by atoms with E-state index in [0.29, 0.717) is 18.8 Å². The minimum Gasteiger partial charge on any atom is -0.457 e. The SMILES string of the molecule is O=C(OC/C(Br)=C/COCc1ccccc1)c1ccccc1. The Kier molecular flexibility index (Phi) is 6.87. The zero-order valence-corrected chi connectivity index (χ0v) is 13.7. The third-order valence-corrected chi connectivity index (χ3v) is 3.44. The third kappa shape index (κ3) is 5.84. The number of hydrogen-bond acceptors (Lipinski definition) is 3. The maximum atomic E-state index is 11.8. The zero-order valence-electron chi connectivity index (χ0n) is 12.1.